The maximum Gasteiger partial charge on any atom is 0.327 e. The first kappa shape index (κ1) is 14.8. The zero-order chi connectivity index (χ0) is 15.4. The number of carbonyl (C=O) groups excluding carboxylic acids is 4. The number of rotatable bonds is 2. The lowest BCUT2D eigenvalue weighted by molar-refractivity contribution is 0.241. The van der Waals surface area contributed by atoms with Gasteiger partial charge in [-0.25, -0.2) is 29.0 Å². The van der Waals surface area contributed by atoms with E-state index in [-0.39, 0.29) is 11.4 Å². The fourth-order valence-corrected chi connectivity index (χ4v) is 1.48. The van der Waals surface area contributed by atoms with Gasteiger partial charge in [-0.3, -0.25) is 0 Å². The molecule has 20 heavy (non-hydrogen) atoms. The summed E-state index contributed by atoms with van der Waals surface area (Å²) < 4.78 is 0. The van der Waals surface area contributed by atoms with Crippen LogP contribution in [0, 0.1) is 0 Å². The number of nitrogens with two attached hydrogens (primary N) is 4. The summed E-state index contributed by atoms with van der Waals surface area (Å²) in [4.78, 5) is 45.3. The third kappa shape index (κ3) is 2.93. The minimum Gasteiger partial charge on any atom is -0.351 e. The number of urea groups is 4. The van der Waals surface area contributed by atoms with Crippen molar-refractivity contribution in [2.45, 2.75) is 0 Å². The molecule has 8 N–H and O–H groups in total. The van der Waals surface area contributed by atoms with Crippen LogP contribution in [0.2, 0.25) is 0 Å². The highest BCUT2D eigenvalue weighted by atomic mass is 16.2. The Balaban J connectivity index is 3.16. The van der Waals surface area contributed by atoms with E-state index in [9.17, 15) is 19.2 Å². The molecule has 1 aromatic carbocycles. The van der Waals surface area contributed by atoms with Gasteiger partial charge in [0.1, 0.15) is 0 Å². The van der Waals surface area contributed by atoms with Crippen molar-refractivity contribution in [3.63, 3.8) is 0 Å². The van der Waals surface area contributed by atoms with Gasteiger partial charge >= 0.3 is 24.1 Å². The van der Waals surface area contributed by atoms with Crippen LogP contribution in [0.1, 0.15) is 0 Å². The predicted octanol–water partition coefficient (Wildman–Crippen LogP) is -0.386. The maximum atomic E-state index is 11.1. The van der Waals surface area contributed by atoms with Crippen molar-refractivity contribution in [2.75, 3.05) is 9.80 Å². The van der Waals surface area contributed by atoms with Crippen molar-refractivity contribution >= 4 is 35.5 Å². The van der Waals surface area contributed by atoms with Gasteiger partial charge in [0.05, 0.1) is 11.4 Å². The van der Waals surface area contributed by atoms with Gasteiger partial charge in [0.25, 0.3) is 0 Å². The van der Waals surface area contributed by atoms with Crippen molar-refractivity contribution in [1.82, 2.24) is 0 Å². The van der Waals surface area contributed by atoms with Crippen molar-refractivity contribution in [2.24, 2.45) is 22.9 Å². The number of primary amides is 4. The second-order valence-corrected chi connectivity index (χ2v) is 3.54. The molecule has 0 aliphatic rings. The third-order valence-corrected chi connectivity index (χ3v) is 2.25. The normalized spacial score (nSPS) is 9.60. The fraction of sp³-hybridized carbons (Fsp3) is 0. The lowest BCUT2D eigenvalue weighted by Crippen LogP contribution is -2.45. The molecular weight excluding hydrogens is 268 g/mol. The molecule has 0 unspecified atom stereocenters. The van der Waals surface area contributed by atoms with Gasteiger partial charge in [0, 0.05) is 0 Å². The highest BCUT2D eigenvalue weighted by molar-refractivity contribution is 6.14. The Kier molecular flexibility index (Phi) is 4.10. The molecule has 0 aromatic heterocycles. The number of carbonyl (C=O) groups is 4. The minimum atomic E-state index is -1.08. The van der Waals surface area contributed by atoms with Crippen molar-refractivity contribution in [1.29, 1.82) is 0 Å². The standard InChI is InChI=1S/C10H12N6O4/c11-7(17)15(8(12)18)5-1-2-6(4-3-5)16(9(13)19)10(14)20/h1-4H,(H2,11,17)(H2,12,18)(H2,13,19)(H2,14,20). The summed E-state index contributed by atoms with van der Waals surface area (Å²) in [5.41, 5.74) is 20.1. The number of hydrogen-bond donors (Lipinski definition) is 4. The zero-order valence-corrected chi connectivity index (χ0v) is 10.1. The molecule has 0 aliphatic carbocycles. The SMILES string of the molecule is NC(=O)N(C(N)=O)c1ccc(N(C(N)=O)C(N)=O)cc1. The summed E-state index contributed by atoms with van der Waals surface area (Å²) in [7, 11) is 0. The molecule has 0 atom stereocenters. The van der Waals surface area contributed by atoms with E-state index in [1.807, 2.05) is 0 Å². The summed E-state index contributed by atoms with van der Waals surface area (Å²) >= 11 is 0. The van der Waals surface area contributed by atoms with Gasteiger partial charge in [-0.15, -0.1) is 0 Å². The van der Waals surface area contributed by atoms with E-state index in [2.05, 4.69) is 0 Å². The van der Waals surface area contributed by atoms with Crippen molar-refractivity contribution < 1.29 is 19.2 Å². The van der Waals surface area contributed by atoms with Crippen molar-refractivity contribution in [3.05, 3.63) is 24.3 Å². The Bertz CT molecular complexity index is 491. The summed E-state index contributed by atoms with van der Waals surface area (Å²) in [5, 5.41) is 0. The molecule has 8 amide bonds. The molecule has 1 aromatic rings. The molecule has 0 radical (unpaired) electrons. The summed E-state index contributed by atoms with van der Waals surface area (Å²) in [5.74, 6) is 0. The molecule has 106 valence electrons. The van der Waals surface area contributed by atoms with Crippen LogP contribution in [0.15, 0.2) is 24.3 Å². The average molecular weight is 280 g/mol. The second kappa shape index (κ2) is 5.56. The molecule has 0 saturated heterocycles. The first-order chi connectivity index (χ1) is 9.25. The summed E-state index contributed by atoms with van der Waals surface area (Å²) in [6, 6.07) is 0.652. The van der Waals surface area contributed by atoms with E-state index in [4.69, 9.17) is 22.9 Å². The molecular formula is C10H12N6O4. The van der Waals surface area contributed by atoms with E-state index in [1.54, 1.807) is 0 Å². The van der Waals surface area contributed by atoms with E-state index < -0.39 is 24.1 Å². The van der Waals surface area contributed by atoms with Crippen LogP contribution >= 0.6 is 0 Å². The first-order valence-electron chi connectivity index (χ1n) is 5.13. The summed E-state index contributed by atoms with van der Waals surface area (Å²) in [6.45, 7) is 0. The van der Waals surface area contributed by atoms with Gasteiger partial charge in [0.2, 0.25) is 0 Å². The van der Waals surface area contributed by atoms with Gasteiger partial charge in [-0.2, -0.15) is 0 Å². The molecule has 0 aliphatic heterocycles. The van der Waals surface area contributed by atoms with Gasteiger partial charge in [-0.1, -0.05) is 0 Å². The van der Waals surface area contributed by atoms with E-state index in [0.717, 1.165) is 0 Å². The monoisotopic (exact) mass is 280 g/mol. The van der Waals surface area contributed by atoms with Crippen molar-refractivity contribution in [3.8, 4) is 0 Å². The lowest BCUT2D eigenvalue weighted by atomic mass is 10.2. The number of benzene rings is 1. The maximum absolute atomic E-state index is 11.1. The Labute approximate surface area is 112 Å². The minimum absolute atomic E-state index is 0.0580. The van der Waals surface area contributed by atoms with Gasteiger partial charge in [0.15, 0.2) is 0 Å². The van der Waals surface area contributed by atoms with Gasteiger partial charge in [-0.05, 0) is 24.3 Å². The van der Waals surface area contributed by atoms with Crippen LogP contribution in [0.25, 0.3) is 0 Å². The Morgan fingerprint density at radius 2 is 0.800 bits per heavy atom. The summed E-state index contributed by atoms with van der Waals surface area (Å²) in [6.07, 6.45) is 0. The predicted molar refractivity (Wildman–Crippen MR) is 69.7 cm³/mol. The van der Waals surface area contributed by atoms with Crippen LogP contribution < -0.4 is 32.7 Å². The molecule has 10 heteroatoms. The Morgan fingerprint density at radius 1 is 0.600 bits per heavy atom. The molecule has 1 rings (SSSR count). The van der Waals surface area contributed by atoms with E-state index in [0.29, 0.717) is 9.80 Å². The Morgan fingerprint density at radius 3 is 0.950 bits per heavy atom. The van der Waals surface area contributed by atoms with E-state index >= 15 is 0 Å². The largest absolute Gasteiger partial charge is 0.351 e. The highest BCUT2D eigenvalue weighted by Gasteiger charge is 2.21. The molecule has 0 fully saturated rings. The van der Waals surface area contributed by atoms with Crippen LogP contribution in [-0.4, -0.2) is 24.1 Å². The number of imide groups is 2. The number of nitrogens with zero attached hydrogens (tertiary/aromatic N) is 2. The van der Waals surface area contributed by atoms with Crippen LogP contribution in [-0.2, 0) is 0 Å². The van der Waals surface area contributed by atoms with Crippen LogP contribution in [0.4, 0.5) is 30.6 Å². The van der Waals surface area contributed by atoms with E-state index in [1.165, 1.54) is 24.3 Å². The lowest BCUT2D eigenvalue weighted by Gasteiger charge is -2.19. The topological polar surface area (TPSA) is 179 Å². The molecule has 0 spiro atoms. The molecule has 0 saturated carbocycles. The number of amides is 8. The smallest absolute Gasteiger partial charge is 0.327 e. The van der Waals surface area contributed by atoms with Crippen LogP contribution in [0.5, 0.6) is 0 Å². The number of hydrogen-bond acceptors (Lipinski definition) is 4. The van der Waals surface area contributed by atoms with Crippen LogP contribution in [0.3, 0.4) is 0 Å². The Hall–Kier alpha value is -3.30. The second-order valence-electron chi connectivity index (χ2n) is 3.54. The quantitative estimate of drug-likeness (QED) is 0.576. The highest BCUT2D eigenvalue weighted by Crippen LogP contribution is 2.20. The first-order valence-corrected chi connectivity index (χ1v) is 5.13. The number of anilines is 2. The zero-order valence-electron chi connectivity index (χ0n) is 10.1. The van der Waals surface area contributed by atoms with Gasteiger partial charge < -0.3 is 22.9 Å². The molecule has 0 heterocycles. The fourth-order valence-electron chi connectivity index (χ4n) is 1.48. The molecule has 10 nitrogen and oxygen atoms in total. The molecule has 0 bridgehead atoms. The average Bonchev–Trinajstić information content (AvgIpc) is 2.29. The third-order valence-electron chi connectivity index (χ3n) is 2.25.